The number of hydrogen-bond donors (Lipinski definition) is 2. The summed E-state index contributed by atoms with van der Waals surface area (Å²) in [7, 11) is 0. The van der Waals surface area contributed by atoms with E-state index in [0.29, 0.717) is 0 Å². The third kappa shape index (κ3) is 4.90. The Morgan fingerprint density at radius 2 is 1.19 bits per heavy atom. The lowest BCUT2D eigenvalue weighted by molar-refractivity contribution is -0.138. The van der Waals surface area contributed by atoms with E-state index in [9.17, 15) is 19.2 Å². The van der Waals surface area contributed by atoms with Crippen molar-refractivity contribution in [3.63, 3.8) is 0 Å². The number of carbonyl (C=O) groups excluding carboxylic acids is 2. The molecule has 0 aromatic carbocycles. The van der Waals surface area contributed by atoms with Crippen LogP contribution in [0, 0.1) is 0 Å². The first-order valence-corrected chi connectivity index (χ1v) is 9.58. The molecule has 2 rings (SSSR count). The molecule has 0 radical (unpaired) electrons. The summed E-state index contributed by atoms with van der Waals surface area (Å²) in [6, 6.07) is 0. The van der Waals surface area contributed by atoms with Crippen LogP contribution in [-0.4, -0.2) is 65.5 Å². The van der Waals surface area contributed by atoms with E-state index in [-0.39, 0.29) is 44.4 Å². The van der Waals surface area contributed by atoms with Crippen LogP contribution < -0.4 is 0 Å². The van der Waals surface area contributed by atoms with Gasteiger partial charge in [-0.1, -0.05) is 48.0 Å². The number of carboxylic acid groups (broad SMARTS) is 2. The molecule has 2 aliphatic rings. The molecule has 2 amide bonds. The van der Waals surface area contributed by atoms with Crippen LogP contribution >= 0.6 is 48.0 Å². The molecule has 12 heteroatoms. The van der Waals surface area contributed by atoms with Gasteiger partial charge in [-0.15, -0.1) is 0 Å². The quantitative estimate of drug-likeness (QED) is 0.452. The van der Waals surface area contributed by atoms with Crippen molar-refractivity contribution >= 4 is 80.4 Å². The predicted octanol–water partition coefficient (Wildman–Crippen LogP) is 1.42. The van der Waals surface area contributed by atoms with Gasteiger partial charge in [0, 0.05) is 13.1 Å². The number of carboxylic acids is 2. The first-order chi connectivity index (χ1) is 12.2. The highest BCUT2D eigenvalue weighted by atomic mass is 32.2. The van der Waals surface area contributed by atoms with Crippen molar-refractivity contribution in [3.8, 4) is 0 Å². The van der Waals surface area contributed by atoms with Crippen molar-refractivity contribution in [2.45, 2.75) is 12.8 Å². The summed E-state index contributed by atoms with van der Waals surface area (Å²) in [4.78, 5) is 48.7. The first-order valence-electron chi connectivity index (χ1n) is 7.13. The van der Waals surface area contributed by atoms with E-state index >= 15 is 0 Å². The minimum absolute atomic E-state index is 0.0192. The normalized spacial score (nSPS) is 20.8. The van der Waals surface area contributed by atoms with Crippen molar-refractivity contribution < 1.29 is 29.4 Å². The van der Waals surface area contributed by atoms with Crippen molar-refractivity contribution in [3.05, 3.63) is 22.0 Å². The molecule has 0 unspecified atom stereocenters. The van der Waals surface area contributed by atoms with Gasteiger partial charge in [-0.2, -0.15) is 0 Å². The smallest absolute Gasteiger partial charge is 0.305 e. The molecule has 0 saturated carbocycles. The summed E-state index contributed by atoms with van der Waals surface area (Å²) in [6.45, 7) is -0.0384. The van der Waals surface area contributed by atoms with E-state index in [1.54, 1.807) is 0 Å². The van der Waals surface area contributed by atoms with Gasteiger partial charge in [0.15, 0.2) is 0 Å². The van der Waals surface area contributed by atoms with Gasteiger partial charge in [0.25, 0.3) is 11.8 Å². The second-order valence-corrected chi connectivity index (χ2v) is 8.35. The molecule has 0 aliphatic carbocycles. The molecule has 2 aliphatic heterocycles. The van der Waals surface area contributed by atoms with Gasteiger partial charge in [-0.3, -0.25) is 29.0 Å². The highest BCUT2D eigenvalue weighted by molar-refractivity contribution is 8.27. The summed E-state index contributed by atoms with van der Waals surface area (Å²) in [6.07, 6.45) is 2.43. The number of rotatable bonds is 7. The monoisotopic (exact) mass is 432 g/mol. The van der Waals surface area contributed by atoms with Gasteiger partial charge in [-0.25, -0.2) is 0 Å². The summed E-state index contributed by atoms with van der Waals surface area (Å²) in [5, 5.41) is 17.4. The van der Waals surface area contributed by atoms with Gasteiger partial charge in [0.1, 0.15) is 8.64 Å². The van der Waals surface area contributed by atoms with Crippen LogP contribution in [0.1, 0.15) is 12.8 Å². The fourth-order valence-electron chi connectivity index (χ4n) is 1.98. The highest BCUT2D eigenvalue weighted by Crippen LogP contribution is 2.34. The summed E-state index contributed by atoms with van der Waals surface area (Å²) in [5.74, 6) is -2.90. The summed E-state index contributed by atoms with van der Waals surface area (Å²) in [5.41, 5.74) is 0. The fraction of sp³-hybridized carbons (Fsp3) is 0.286. The number of thiocarbonyl (C=S) groups is 2. The van der Waals surface area contributed by atoms with E-state index < -0.39 is 23.8 Å². The Labute approximate surface area is 167 Å². The molecule has 0 aromatic heterocycles. The minimum atomic E-state index is -1.03. The largest absolute Gasteiger partial charge is 0.481 e. The number of amides is 2. The molecular formula is C14H12N2O6S4. The number of allylic oxidation sites excluding steroid dienone is 2. The van der Waals surface area contributed by atoms with Crippen molar-refractivity contribution in [1.82, 2.24) is 9.80 Å². The summed E-state index contributed by atoms with van der Waals surface area (Å²) >= 11 is 12.2. The fourth-order valence-corrected chi connectivity index (χ4v) is 4.48. The topological polar surface area (TPSA) is 115 Å². The van der Waals surface area contributed by atoms with E-state index in [0.717, 1.165) is 23.5 Å². The lowest BCUT2D eigenvalue weighted by atomic mass is 10.3. The lowest BCUT2D eigenvalue weighted by Gasteiger charge is -2.12. The van der Waals surface area contributed by atoms with Gasteiger partial charge in [-0.05, 0) is 12.2 Å². The Morgan fingerprint density at radius 1 is 0.846 bits per heavy atom. The maximum Gasteiger partial charge on any atom is 0.305 e. The molecular weight excluding hydrogens is 420 g/mol. The molecule has 0 aromatic rings. The highest BCUT2D eigenvalue weighted by Gasteiger charge is 2.34. The van der Waals surface area contributed by atoms with Crippen LogP contribution in [0.3, 0.4) is 0 Å². The van der Waals surface area contributed by atoms with Crippen molar-refractivity contribution in [2.24, 2.45) is 0 Å². The molecule has 0 spiro atoms. The number of carbonyl (C=O) groups is 4. The Morgan fingerprint density at radius 3 is 1.50 bits per heavy atom. The Hall–Kier alpha value is -1.76. The standard InChI is InChI=1S/C14H12N2O6S4/c17-9(18)3-5-15-11(21)7(25-13(15)23)1-2-8-12(22)16(14(24)26-8)6-4-10(19)20/h1-2H,3-6H2,(H,17,18)(H,19,20)/b7-1-,8-2-. The van der Waals surface area contributed by atoms with Gasteiger partial charge in [0.2, 0.25) is 0 Å². The van der Waals surface area contributed by atoms with Crippen LogP contribution in [0.4, 0.5) is 0 Å². The van der Waals surface area contributed by atoms with Crippen LogP contribution in [0.2, 0.25) is 0 Å². The molecule has 138 valence electrons. The molecule has 0 bridgehead atoms. The van der Waals surface area contributed by atoms with Gasteiger partial charge >= 0.3 is 11.9 Å². The summed E-state index contributed by atoms with van der Waals surface area (Å²) < 4.78 is 0.509. The Balaban J connectivity index is 2.08. The lowest BCUT2D eigenvalue weighted by Crippen LogP contribution is -2.30. The first kappa shape index (κ1) is 20.6. The van der Waals surface area contributed by atoms with Crippen molar-refractivity contribution in [2.75, 3.05) is 13.1 Å². The van der Waals surface area contributed by atoms with Crippen LogP contribution in [-0.2, 0) is 19.2 Å². The molecule has 2 fully saturated rings. The maximum atomic E-state index is 12.3. The van der Waals surface area contributed by atoms with Crippen LogP contribution in [0.5, 0.6) is 0 Å². The number of hydrogen-bond acceptors (Lipinski definition) is 8. The average Bonchev–Trinajstić information content (AvgIpc) is 2.97. The third-order valence-corrected chi connectivity index (χ3v) is 6.02. The average molecular weight is 433 g/mol. The molecule has 0 atom stereocenters. The van der Waals surface area contributed by atoms with E-state index in [2.05, 4.69) is 0 Å². The molecule has 2 heterocycles. The molecule has 2 saturated heterocycles. The van der Waals surface area contributed by atoms with Crippen LogP contribution in [0.25, 0.3) is 0 Å². The SMILES string of the molecule is O=C(O)CCN1C(=O)/C(=C/C=C2\SC(=S)N(CCC(=O)O)C2=O)SC1=S. The third-order valence-electron chi connectivity index (χ3n) is 3.23. The van der Waals surface area contributed by atoms with E-state index in [4.69, 9.17) is 34.6 Å². The van der Waals surface area contributed by atoms with Gasteiger partial charge < -0.3 is 10.2 Å². The number of thioether (sulfide) groups is 2. The molecule has 2 N–H and O–H groups in total. The second-order valence-electron chi connectivity index (χ2n) is 5.00. The molecule has 8 nitrogen and oxygen atoms in total. The predicted molar refractivity (Wildman–Crippen MR) is 104 cm³/mol. The van der Waals surface area contributed by atoms with Crippen molar-refractivity contribution in [1.29, 1.82) is 0 Å². The molecule has 26 heavy (non-hydrogen) atoms. The van der Waals surface area contributed by atoms with Gasteiger partial charge in [0.05, 0.1) is 22.7 Å². The second kappa shape index (κ2) is 8.75. The Kier molecular flexibility index (Phi) is 6.92. The zero-order valence-corrected chi connectivity index (χ0v) is 16.3. The minimum Gasteiger partial charge on any atom is -0.481 e. The zero-order valence-electron chi connectivity index (χ0n) is 13.0. The maximum absolute atomic E-state index is 12.3. The Bertz CT molecular complexity index is 711. The number of nitrogens with zero attached hydrogens (tertiary/aromatic N) is 2. The van der Waals surface area contributed by atoms with E-state index in [1.165, 1.54) is 22.0 Å². The van der Waals surface area contributed by atoms with E-state index in [1.807, 2.05) is 0 Å². The van der Waals surface area contributed by atoms with Crippen LogP contribution in [0.15, 0.2) is 22.0 Å². The number of aliphatic carboxylic acids is 2. The zero-order chi connectivity index (χ0) is 19.4.